The third-order valence-electron chi connectivity index (χ3n) is 2.28. The Morgan fingerprint density at radius 1 is 1.53 bits per heavy atom. The molecule has 0 aliphatic heterocycles. The summed E-state index contributed by atoms with van der Waals surface area (Å²) in [5.74, 6) is -1.46. The highest BCUT2D eigenvalue weighted by molar-refractivity contribution is 5.82. The maximum absolute atomic E-state index is 13.2. The van der Waals surface area contributed by atoms with E-state index in [1.54, 1.807) is 6.92 Å². The Kier molecular flexibility index (Phi) is 3.14. The van der Waals surface area contributed by atoms with Crippen LogP contribution in [0.1, 0.15) is 25.3 Å². The number of rotatable bonds is 3. The van der Waals surface area contributed by atoms with Crippen LogP contribution in [0.3, 0.4) is 0 Å². The third kappa shape index (κ3) is 2.37. The number of carbonyl (C=O) groups is 1. The minimum absolute atomic E-state index is 0.108. The number of hydrogen-bond donors (Lipinski definition) is 0. The van der Waals surface area contributed by atoms with E-state index in [9.17, 15) is 19.3 Å². The van der Waals surface area contributed by atoms with Crippen molar-refractivity contribution < 1.29 is 14.1 Å². The molecule has 0 heterocycles. The van der Waals surface area contributed by atoms with Crippen LogP contribution >= 0.6 is 0 Å². The first kappa shape index (κ1) is 11.3. The molecule has 80 valence electrons. The molecule has 1 aromatic rings. The molecule has 0 N–H and O–H groups in total. The molecule has 0 saturated heterocycles. The van der Waals surface area contributed by atoms with Gasteiger partial charge in [-0.05, 0) is 18.6 Å². The van der Waals surface area contributed by atoms with Gasteiger partial charge in [0.1, 0.15) is 5.78 Å². The molecule has 1 atom stereocenters. The van der Waals surface area contributed by atoms with Gasteiger partial charge in [-0.15, -0.1) is 0 Å². The molecule has 1 rings (SSSR count). The number of nitro benzene ring substituents is 1. The number of nitro groups is 1. The van der Waals surface area contributed by atoms with Gasteiger partial charge in [0.15, 0.2) is 0 Å². The molecule has 1 unspecified atom stereocenters. The minimum Gasteiger partial charge on any atom is -0.299 e. The molecular formula is C10H10FNO3. The van der Waals surface area contributed by atoms with Crippen molar-refractivity contribution in [1.82, 2.24) is 0 Å². The van der Waals surface area contributed by atoms with E-state index >= 15 is 0 Å². The highest BCUT2D eigenvalue weighted by Crippen LogP contribution is 2.23. The van der Waals surface area contributed by atoms with E-state index in [2.05, 4.69) is 0 Å². The van der Waals surface area contributed by atoms with Crippen LogP contribution in [0.15, 0.2) is 18.2 Å². The predicted molar refractivity (Wildman–Crippen MR) is 52.2 cm³/mol. The van der Waals surface area contributed by atoms with Crippen molar-refractivity contribution in [1.29, 1.82) is 0 Å². The summed E-state index contributed by atoms with van der Waals surface area (Å²) in [6, 6.07) is 3.50. The largest absolute Gasteiger partial charge is 0.304 e. The molecular weight excluding hydrogens is 201 g/mol. The van der Waals surface area contributed by atoms with Crippen molar-refractivity contribution >= 4 is 11.5 Å². The number of halogens is 1. The standard InChI is InChI=1S/C10H10FNO3/c1-6(7(2)13)8-3-4-10(12(14)15)9(11)5-8/h3-6H,1-2H3. The summed E-state index contributed by atoms with van der Waals surface area (Å²) in [6.45, 7) is 3.02. The normalized spacial score (nSPS) is 12.2. The number of carbonyl (C=O) groups excluding carboxylic acids is 1. The quantitative estimate of drug-likeness (QED) is 0.569. The molecule has 0 radical (unpaired) electrons. The molecule has 0 aliphatic carbocycles. The number of hydrogen-bond acceptors (Lipinski definition) is 3. The van der Waals surface area contributed by atoms with Crippen LogP contribution in [0.4, 0.5) is 10.1 Å². The van der Waals surface area contributed by atoms with Gasteiger partial charge in [-0.1, -0.05) is 13.0 Å². The molecule has 0 bridgehead atoms. The van der Waals surface area contributed by atoms with Crippen LogP contribution in [-0.2, 0) is 4.79 Å². The topological polar surface area (TPSA) is 60.2 Å². The van der Waals surface area contributed by atoms with Gasteiger partial charge >= 0.3 is 5.69 Å². The van der Waals surface area contributed by atoms with Gasteiger partial charge in [-0.3, -0.25) is 14.9 Å². The Bertz CT molecular complexity index is 417. The van der Waals surface area contributed by atoms with Gasteiger partial charge in [0.05, 0.1) is 4.92 Å². The fourth-order valence-electron chi connectivity index (χ4n) is 1.18. The summed E-state index contributed by atoms with van der Waals surface area (Å²) in [5, 5.41) is 10.3. The average molecular weight is 211 g/mol. The molecule has 0 spiro atoms. The SMILES string of the molecule is CC(=O)C(C)c1ccc([N+](=O)[O-])c(F)c1. The van der Waals surface area contributed by atoms with E-state index in [0.29, 0.717) is 5.56 Å². The summed E-state index contributed by atoms with van der Waals surface area (Å²) < 4.78 is 13.2. The lowest BCUT2D eigenvalue weighted by molar-refractivity contribution is -0.387. The second-order valence-corrected chi connectivity index (χ2v) is 3.30. The summed E-state index contributed by atoms with van der Waals surface area (Å²) >= 11 is 0. The third-order valence-corrected chi connectivity index (χ3v) is 2.28. The lowest BCUT2D eigenvalue weighted by atomic mass is 9.97. The molecule has 0 aromatic heterocycles. The molecule has 5 heteroatoms. The molecule has 0 amide bonds. The first-order valence-corrected chi connectivity index (χ1v) is 4.37. The lowest BCUT2D eigenvalue weighted by Crippen LogP contribution is -2.05. The van der Waals surface area contributed by atoms with E-state index in [0.717, 1.165) is 12.1 Å². The van der Waals surface area contributed by atoms with Crippen LogP contribution in [0, 0.1) is 15.9 Å². The molecule has 1 aromatic carbocycles. The predicted octanol–water partition coefficient (Wildman–Crippen LogP) is 2.43. The summed E-state index contributed by atoms with van der Waals surface area (Å²) in [5.41, 5.74) is -0.125. The number of nitrogens with zero attached hydrogens (tertiary/aromatic N) is 1. The molecule has 0 fully saturated rings. The molecule has 0 aliphatic rings. The molecule has 4 nitrogen and oxygen atoms in total. The van der Waals surface area contributed by atoms with Crippen LogP contribution < -0.4 is 0 Å². The summed E-state index contributed by atoms with van der Waals surface area (Å²) in [6.07, 6.45) is 0. The maximum atomic E-state index is 13.2. The van der Waals surface area contributed by atoms with Crippen molar-refractivity contribution in [2.45, 2.75) is 19.8 Å². The maximum Gasteiger partial charge on any atom is 0.304 e. The van der Waals surface area contributed by atoms with Crippen molar-refractivity contribution in [3.8, 4) is 0 Å². The number of ketones is 1. The van der Waals surface area contributed by atoms with Crippen LogP contribution in [-0.4, -0.2) is 10.7 Å². The van der Waals surface area contributed by atoms with Gasteiger partial charge in [0, 0.05) is 12.0 Å². The van der Waals surface area contributed by atoms with Crippen LogP contribution in [0.5, 0.6) is 0 Å². The van der Waals surface area contributed by atoms with Gasteiger partial charge in [-0.25, -0.2) is 0 Å². The molecule has 0 saturated carbocycles. The first-order valence-electron chi connectivity index (χ1n) is 4.37. The first-order chi connectivity index (χ1) is 6.93. The van der Waals surface area contributed by atoms with E-state index in [-0.39, 0.29) is 5.78 Å². The van der Waals surface area contributed by atoms with Crippen molar-refractivity contribution in [2.24, 2.45) is 0 Å². The Hall–Kier alpha value is -1.78. The minimum atomic E-state index is -0.911. The highest BCUT2D eigenvalue weighted by atomic mass is 19.1. The van der Waals surface area contributed by atoms with Crippen LogP contribution in [0.2, 0.25) is 0 Å². The Morgan fingerprint density at radius 3 is 2.53 bits per heavy atom. The lowest BCUT2D eigenvalue weighted by Gasteiger charge is -2.07. The van der Waals surface area contributed by atoms with Crippen molar-refractivity contribution in [2.75, 3.05) is 0 Å². The van der Waals surface area contributed by atoms with Crippen LogP contribution in [0.25, 0.3) is 0 Å². The number of benzene rings is 1. The second kappa shape index (κ2) is 4.16. The van der Waals surface area contributed by atoms with Gasteiger partial charge in [-0.2, -0.15) is 4.39 Å². The zero-order valence-corrected chi connectivity index (χ0v) is 8.36. The smallest absolute Gasteiger partial charge is 0.299 e. The average Bonchev–Trinajstić information content (AvgIpc) is 2.15. The summed E-state index contributed by atoms with van der Waals surface area (Å²) in [7, 11) is 0. The monoisotopic (exact) mass is 211 g/mol. The number of Topliss-reactive ketones (excluding diaryl/α,β-unsaturated/α-hetero) is 1. The van der Waals surface area contributed by atoms with Gasteiger partial charge in [0.2, 0.25) is 5.82 Å². The zero-order chi connectivity index (χ0) is 11.6. The van der Waals surface area contributed by atoms with Crippen molar-refractivity contribution in [3.63, 3.8) is 0 Å². The van der Waals surface area contributed by atoms with E-state index < -0.39 is 22.3 Å². The Balaban J connectivity index is 3.12. The fraction of sp³-hybridized carbons (Fsp3) is 0.300. The van der Waals surface area contributed by atoms with E-state index in [4.69, 9.17) is 0 Å². The second-order valence-electron chi connectivity index (χ2n) is 3.30. The Labute approximate surface area is 85.9 Å². The van der Waals surface area contributed by atoms with Crippen molar-refractivity contribution in [3.05, 3.63) is 39.7 Å². The van der Waals surface area contributed by atoms with E-state index in [1.165, 1.54) is 13.0 Å². The zero-order valence-electron chi connectivity index (χ0n) is 8.36. The Morgan fingerprint density at radius 2 is 2.13 bits per heavy atom. The highest BCUT2D eigenvalue weighted by Gasteiger charge is 2.17. The fourth-order valence-corrected chi connectivity index (χ4v) is 1.18. The van der Waals surface area contributed by atoms with Gasteiger partial charge in [0.25, 0.3) is 0 Å². The summed E-state index contributed by atoms with van der Waals surface area (Å²) in [4.78, 5) is 20.6. The van der Waals surface area contributed by atoms with E-state index in [1.807, 2.05) is 0 Å². The molecule has 15 heavy (non-hydrogen) atoms. The van der Waals surface area contributed by atoms with Gasteiger partial charge < -0.3 is 0 Å².